The Balaban J connectivity index is 1.52. The van der Waals surface area contributed by atoms with E-state index in [2.05, 4.69) is 17.2 Å². The number of carbonyl (C=O) groups is 1. The molecule has 0 aliphatic carbocycles. The van der Waals surface area contributed by atoms with E-state index in [0.717, 1.165) is 16.8 Å². The first-order chi connectivity index (χ1) is 13.4. The summed E-state index contributed by atoms with van der Waals surface area (Å²) in [4.78, 5) is 11.8. The first kappa shape index (κ1) is 19.3. The van der Waals surface area contributed by atoms with Crippen LogP contribution in [0.2, 0.25) is 0 Å². The minimum atomic E-state index is -4.47. The van der Waals surface area contributed by atoms with E-state index in [1.807, 2.05) is 36.4 Å². The van der Waals surface area contributed by atoms with Crippen molar-refractivity contribution in [2.75, 3.05) is 13.2 Å². The minimum Gasteiger partial charge on any atom is -0.484 e. The molecule has 0 aromatic heterocycles. The molecule has 0 unspecified atom stereocenters. The molecule has 3 aromatic carbocycles. The monoisotopic (exact) mass is 383 g/mol. The van der Waals surface area contributed by atoms with Crippen LogP contribution in [0.15, 0.2) is 66.7 Å². The number of carbonyl (C=O) groups excluding carboxylic acids is 1. The summed E-state index contributed by atoms with van der Waals surface area (Å²) in [5.74, 6) is 5.12. The van der Waals surface area contributed by atoms with Crippen molar-refractivity contribution < 1.29 is 22.7 Å². The quantitative estimate of drug-likeness (QED) is 0.678. The molecular formula is C22H16F3NO2. The van der Waals surface area contributed by atoms with E-state index >= 15 is 0 Å². The Morgan fingerprint density at radius 2 is 1.68 bits per heavy atom. The van der Waals surface area contributed by atoms with Crippen LogP contribution in [0.1, 0.15) is 11.1 Å². The number of ether oxygens (including phenoxy) is 1. The second kappa shape index (κ2) is 8.49. The molecule has 0 saturated heterocycles. The molecule has 0 aliphatic heterocycles. The molecule has 1 N–H and O–H groups in total. The molecule has 0 heterocycles. The van der Waals surface area contributed by atoms with Gasteiger partial charge in [-0.1, -0.05) is 54.3 Å². The molecule has 0 radical (unpaired) electrons. The van der Waals surface area contributed by atoms with Crippen molar-refractivity contribution in [1.82, 2.24) is 5.32 Å². The van der Waals surface area contributed by atoms with Crippen LogP contribution in [0, 0.1) is 11.8 Å². The summed E-state index contributed by atoms with van der Waals surface area (Å²) in [5.41, 5.74) is -0.926. The molecule has 0 fully saturated rings. The predicted octanol–water partition coefficient (Wildman–Crippen LogP) is 4.41. The molecule has 3 aromatic rings. The average molecular weight is 383 g/mol. The van der Waals surface area contributed by atoms with Crippen molar-refractivity contribution >= 4 is 16.7 Å². The fourth-order valence-corrected chi connectivity index (χ4v) is 2.58. The SMILES string of the molecule is O=C(COc1ccc2ccccc2c1)NCC#Cc1ccccc1C(F)(F)F. The molecule has 0 saturated carbocycles. The lowest BCUT2D eigenvalue weighted by atomic mass is 10.1. The van der Waals surface area contributed by atoms with Gasteiger partial charge in [-0.3, -0.25) is 4.79 Å². The highest BCUT2D eigenvalue weighted by molar-refractivity contribution is 5.84. The zero-order valence-electron chi connectivity index (χ0n) is 14.7. The molecular weight excluding hydrogens is 367 g/mol. The zero-order chi connectivity index (χ0) is 20.0. The summed E-state index contributed by atoms with van der Waals surface area (Å²) >= 11 is 0. The predicted molar refractivity (Wildman–Crippen MR) is 101 cm³/mol. The summed E-state index contributed by atoms with van der Waals surface area (Å²) in [5, 5.41) is 4.56. The van der Waals surface area contributed by atoms with Crippen molar-refractivity contribution in [3.05, 3.63) is 77.9 Å². The van der Waals surface area contributed by atoms with Gasteiger partial charge in [0.15, 0.2) is 6.61 Å². The van der Waals surface area contributed by atoms with Crippen molar-refractivity contribution in [2.45, 2.75) is 6.18 Å². The van der Waals surface area contributed by atoms with Crippen molar-refractivity contribution in [3.8, 4) is 17.6 Å². The van der Waals surface area contributed by atoms with E-state index in [4.69, 9.17) is 4.74 Å². The van der Waals surface area contributed by atoms with Crippen LogP contribution in [0.3, 0.4) is 0 Å². The number of nitrogens with one attached hydrogen (secondary N) is 1. The Kier molecular flexibility index (Phi) is 5.85. The van der Waals surface area contributed by atoms with Gasteiger partial charge < -0.3 is 10.1 Å². The van der Waals surface area contributed by atoms with Gasteiger partial charge in [-0.25, -0.2) is 0 Å². The Labute approximate surface area is 160 Å². The van der Waals surface area contributed by atoms with E-state index < -0.39 is 17.6 Å². The Morgan fingerprint density at radius 1 is 0.964 bits per heavy atom. The van der Waals surface area contributed by atoms with Crippen molar-refractivity contribution in [1.29, 1.82) is 0 Å². The van der Waals surface area contributed by atoms with Crippen LogP contribution >= 0.6 is 0 Å². The third kappa shape index (κ3) is 5.04. The van der Waals surface area contributed by atoms with Crippen LogP contribution < -0.4 is 10.1 Å². The highest BCUT2D eigenvalue weighted by Crippen LogP contribution is 2.31. The van der Waals surface area contributed by atoms with E-state index in [9.17, 15) is 18.0 Å². The molecule has 0 aliphatic rings. The normalized spacial score (nSPS) is 10.8. The van der Waals surface area contributed by atoms with E-state index in [-0.39, 0.29) is 18.7 Å². The zero-order valence-corrected chi connectivity index (χ0v) is 14.7. The standard InChI is InChI=1S/C22H16F3NO2/c23-22(24,25)20-10-4-3-7-17(20)9-5-13-26-21(27)15-28-19-12-11-16-6-1-2-8-18(16)14-19/h1-4,6-8,10-12,14H,13,15H2,(H,26,27). The van der Waals surface area contributed by atoms with Crippen molar-refractivity contribution in [3.63, 3.8) is 0 Å². The van der Waals surface area contributed by atoms with Gasteiger partial charge in [0.25, 0.3) is 5.91 Å². The lowest BCUT2D eigenvalue weighted by molar-refractivity contribution is -0.137. The number of fused-ring (bicyclic) bond motifs is 1. The molecule has 0 bridgehead atoms. The van der Waals surface area contributed by atoms with Gasteiger partial charge >= 0.3 is 6.18 Å². The first-order valence-electron chi connectivity index (χ1n) is 8.47. The Bertz CT molecular complexity index is 1050. The maximum absolute atomic E-state index is 12.9. The van der Waals surface area contributed by atoms with Gasteiger partial charge in [-0.2, -0.15) is 13.2 Å². The fourth-order valence-electron chi connectivity index (χ4n) is 2.58. The molecule has 0 spiro atoms. The first-order valence-corrected chi connectivity index (χ1v) is 8.47. The second-order valence-electron chi connectivity index (χ2n) is 5.92. The topological polar surface area (TPSA) is 38.3 Å². The molecule has 3 nitrogen and oxygen atoms in total. The fraction of sp³-hybridized carbons (Fsp3) is 0.136. The number of hydrogen-bond acceptors (Lipinski definition) is 2. The summed E-state index contributed by atoms with van der Waals surface area (Å²) in [6, 6.07) is 18.3. The summed E-state index contributed by atoms with van der Waals surface area (Å²) in [6.45, 7) is -0.286. The third-order valence-corrected chi connectivity index (χ3v) is 3.92. The van der Waals surface area contributed by atoms with Crippen LogP contribution in [-0.4, -0.2) is 19.1 Å². The van der Waals surface area contributed by atoms with E-state index in [1.54, 1.807) is 6.07 Å². The average Bonchev–Trinajstić information content (AvgIpc) is 2.69. The summed E-state index contributed by atoms with van der Waals surface area (Å²) < 4.78 is 44.1. The van der Waals surface area contributed by atoms with E-state index in [1.165, 1.54) is 18.2 Å². The largest absolute Gasteiger partial charge is 0.484 e. The lowest BCUT2D eigenvalue weighted by Gasteiger charge is -2.08. The number of hydrogen-bond donors (Lipinski definition) is 1. The van der Waals surface area contributed by atoms with Gasteiger partial charge in [0.1, 0.15) is 5.75 Å². The summed E-state index contributed by atoms with van der Waals surface area (Å²) in [6.07, 6.45) is -4.47. The van der Waals surface area contributed by atoms with Gasteiger partial charge in [0.05, 0.1) is 12.1 Å². The number of halogens is 3. The molecule has 142 valence electrons. The number of alkyl halides is 3. The molecule has 28 heavy (non-hydrogen) atoms. The van der Waals surface area contributed by atoms with Gasteiger partial charge in [-0.05, 0) is 35.0 Å². The minimum absolute atomic E-state index is 0.0773. The number of rotatable bonds is 4. The molecule has 6 heteroatoms. The molecule has 1 amide bonds. The third-order valence-electron chi connectivity index (χ3n) is 3.92. The highest BCUT2D eigenvalue weighted by atomic mass is 19.4. The summed E-state index contributed by atoms with van der Waals surface area (Å²) in [7, 11) is 0. The van der Waals surface area contributed by atoms with E-state index in [0.29, 0.717) is 5.75 Å². The Hall–Kier alpha value is -3.46. The number of amides is 1. The van der Waals surface area contributed by atoms with Crippen LogP contribution in [0.4, 0.5) is 13.2 Å². The van der Waals surface area contributed by atoms with Gasteiger partial charge in [-0.15, -0.1) is 0 Å². The number of benzene rings is 3. The van der Waals surface area contributed by atoms with Crippen LogP contribution in [-0.2, 0) is 11.0 Å². The van der Waals surface area contributed by atoms with Gasteiger partial charge in [0.2, 0.25) is 0 Å². The van der Waals surface area contributed by atoms with Crippen LogP contribution in [0.5, 0.6) is 5.75 Å². The Morgan fingerprint density at radius 3 is 2.46 bits per heavy atom. The maximum atomic E-state index is 12.9. The molecule has 3 rings (SSSR count). The van der Waals surface area contributed by atoms with Crippen molar-refractivity contribution in [2.24, 2.45) is 0 Å². The smallest absolute Gasteiger partial charge is 0.417 e. The lowest BCUT2D eigenvalue weighted by Crippen LogP contribution is -2.29. The molecule has 0 atom stereocenters. The highest BCUT2D eigenvalue weighted by Gasteiger charge is 2.32. The van der Waals surface area contributed by atoms with Crippen LogP contribution in [0.25, 0.3) is 10.8 Å². The maximum Gasteiger partial charge on any atom is 0.417 e. The van der Waals surface area contributed by atoms with Gasteiger partial charge in [0, 0.05) is 5.56 Å². The second-order valence-corrected chi connectivity index (χ2v) is 5.92.